The lowest BCUT2D eigenvalue weighted by Crippen LogP contribution is -2.38. The number of rotatable bonds is 8. The van der Waals surface area contributed by atoms with Gasteiger partial charge in [-0.15, -0.1) is 0 Å². The van der Waals surface area contributed by atoms with Gasteiger partial charge in [-0.05, 0) is 5.92 Å². The van der Waals surface area contributed by atoms with Gasteiger partial charge in [0, 0.05) is 26.7 Å². The van der Waals surface area contributed by atoms with E-state index in [0.717, 1.165) is 0 Å². The summed E-state index contributed by atoms with van der Waals surface area (Å²) >= 11 is 0. The molecule has 1 unspecified atom stereocenters. The zero-order valence-electron chi connectivity index (χ0n) is 11.0. The summed E-state index contributed by atoms with van der Waals surface area (Å²) in [7, 11) is 1.55. The smallest absolute Gasteiger partial charge is 0.225 e. The molecule has 0 spiro atoms. The normalized spacial score (nSPS) is 12.2. The van der Waals surface area contributed by atoms with E-state index in [1.807, 2.05) is 13.8 Å². The maximum atomic E-state index is 12.0. The molecule has 0 aromatic rings. The lowest BCUT2D eigenvalue weighted by molar-refractivity contribution is -0.134. The zero-order valence-corrected chi connectivity index (χ0v) is 11.0. The van der Waals surface area contributed by atoms with Gasteiger partial charge in [-0.1, -0.05) is 13.8 Å². The summed E-state index contributed by atoms with van der Waals surface area (Å²) in [6.45, 7) is 5.57. The summed E-state index contributed by atoms with van der Waals surface area (Å²) in [5.74, 6) is 0.391. The topological polar surface area (TPSA) is 79.3 Å². The molecule has 0 aliphatic carbocycles. The minimum atomic E-state index is -0.237. The van der Waals surface area contributed by atoms with Gasteiger partial charge in [0.15, 0.2) is 0 Å². The molecule has 0 bridgehead atoms. The second-order valence-corrected chi connectivity index (χ2v) is 4.44. The van der Waals surface area contributed by atoms with Crippen molar-refractivity contribution in [3.05, 3.63) is 0 Å². The van der Waals surface area contributed by atoms with Crippen molar-refractivity contribution in [3.63, 3.8) is 0 Å². The Morgan fingerprint density at radius 2 is 2.18 bits per heavy atom. The molecule has 0 aliphatic heterocycles. The molecule has 0 rings (SSSR count). The van der Waals surface area contributed by atoms with Crippen LogP contribution in [0.25, 0.3) is 0 Å². The Morgan fingerprint density at radius 3 is 2.59 bits per heavy atom. The van der Waals surface area contributed by atoms with Crippen molar-refractivity contribution in [2.45, 2.75) is 32.8 Å². The summed E-state index contributed by atoms with van der Waals surface area (Å²) in [5, 5.41) is 8.57. The van der Waals surface area contributed by atoms with Crippen LogP contribution < -0.4 is 5.73 Å². The van der Waals surface area contributed by atoms with Crippen molar-refractivity contribution >= 4 is 5.91 Å². The van der Waals surface area contributed by atoms with E-state index in [-0.39, 0.29) is 18.4 Å². The molecule has 2 N–H and O–H groups in total. The number of nitriles is 1. The van der Waals surface area contributed by atoms with Crippen LogP contribution in [-0.4, -0.2) is 43.7 Å². The Bertz CT molecular complexity index is 257. The maximum Gasteiger partial charge on any atom is 0.225 e. The molecule has 17 heavy (non-hydrogen) atoms. The number of ether oxygens (including phenoxy) is 1. The molecular weight excluding hydrogens is 218 g/mol. The van der Waals surface area contributed by atoms with Crippen LogP contribution in [0.1, 0.15) is 26.7 Å². The fourth-order valence-corrected chi connectivity index (χ4v) is 1.53. The van der Waals surface area contributed by atoms with Gasteiger partial charge in [0.05, 0.1) is 25.0 Å². The van der Waals surface area contributed by atoms with Crippen LogP contribution in [0.4, 0.5) is 0 Å². The summed E-state index contributed by atoms with van der Waals surface area (Å²) in [4.78, 5) is 13.7. The molecule has 1 amide bonds. The van der Waals surface area contributed by atoms with Crippen LogP contribution in [0.2, 0.25) is 0 Å². The van der Waals surface area contributed by atoms with Crippen LogP contribution in [0, 0.1) is 17.2 Å². The van der Waals surface area contributed by atoms with Crippen molar-refractivity contribution in [1.29, 1.82) is 5.26 Å². The average Bonchev–Trinajstić information content (AvgIpc) is 2.30. The van der Waals surface area contributed by atoms with Crippen molar-refractivity contribution in [1.82, 2.24) is 4.90 Å². The van der Waals surface area contributed by atoms with Crippen molar-refractivity contribution < 1.29 is 9.53 Å². The minimum absolute atomic E-state index is 0.00579. The number of amides is 1. The lowest BCUT2D eigenvalue weighted by atomic mass is 10.1. The Balaban J connectivity index is 4.35. The number of methoxy groups -OCH3 is 1. The zero-order chi connectivity index (χ0) is 13.3. The van der Waals surface area contributed by atoms with Gasteiger partial charge in [-0.3, -0.25) is 4.79 Å². The predicted octanol–water partition coefficient (Wildman–Crippen LogP) is 0.748. The third kappa shape index (κ3) is 6.93. The molecule has 0 aromatic heterocycles. The summed E-state index contributed by atoms with van der Waals surface area (Å²) in [5.41, 5.74) is 5.49. The number of carbonyl (C=O) groups excluding carboxylic acids is 1. The van der Waals surface area contributed by atoms with E-state index in [2.05, 4.69) is 6.07 Å². The molecule has 0 saturated carbocycles. The van der Waals surface area contributed by atoms with Gasteiger partial charge in [-0.25, -0.2) is 0 Å². The van der Waals surface area contributed by atoms with Crippen LogP contribution in [0.3, 0.4) is 0 Å². The largest absolute Gasteiger partial charge is 0.380 e. The van der Waals surface area contributed by atoms with Gasteiger partial charge in [0.2, 0.25) is 5.91 Å². The Labute approximate surface area is 104 Å². The first-order chi connectivity index (χ1) is 8.04. The monoisotopic (exact) mass is 241 g/mol. The van der Waals surface area contributed by atoms with E-state index in [0.29, 0.717) is 32.0 Å². The SMILES string of the molecule is COC(CN)CC(=O)N(CCC#N)CC(C)C. The highest BCUT2D eigenvalue weighted by Crippen LogP contribution is 2.06. The number of hydrogen-bond donors (Lipinski definition) is 1. The number of nitrogens with zero attached hydrogens (tertiary/aromatic N) is 2. The molecule has 1 atom stereocenters. The van der Waals surface area contributed by atoms with Gasteiger partial charge >= 0.3 is 0 Å². The first kappa shape index (κ1) is 15.9. The fourth-order valence-electron chi connectivity index (χ4n) is 1.53. The van der Waals surface area contributed by atoms with Gasteiger partial charge in [0.1, 0.15) is 0 Å². The predicted molar refractivity (Wildman–Crippen MR) is 66.1 cm³/mol. The van der Waals surface area contributed by atoms with E-state index in [1.54, 1.807) is 12.0 Å². The number of carbonyl (C=O) groups is 1. The molecule has 0 radical (unpaired) electrons. The highest BCUT2D eigenvalue weighted by Gasteiger charge is 2.18. The third-order valence-electron chi connectivity index (χ3n) is 2.43. The number of nitrogens with two attached hydrogens (primary N) is 1. The second-order valence-electron chi connectivity index (χ2n) is 4.44. The van der Waals surface area contributed by atoms with Crippen LogP contribution in [0.5, 0.6) is 0 Å². The van der Waals surface area contributed by atoms with Crippen LogP contribution >= 0.6 is 0 Å². The molecule has 98 valence electrons. The van der Waals surface area contributed by atoms with E-state index in [4.69, 9.17) is 15.7 Å². The van der Waals surface area contributed by atoms with E-state index >= 15 is 0 Å². The molecule has 0 saturated heterocycles. The molecule has 5 nitrogen and oxygen atoms in total. The quantitative estimate of drug-likeness (QED) is 0.680. The van der Waals surface area contributed by atoms with Gasteiger partial charge < -0.3 is 15.4 Å². The maximum absolute atomic E-state index is 12.0. The first-order valence-corrected chi connectivity index (χ1v) is 5.92. The van der Waals surface area contributed by atoms with Crippen LogP contribution in [0.15, 0.2) is 0 Å². The van der Waals surface area contributed by atoms with Gasteiger partial charge in [-0.2, -0.15) is 5.26 Å². The molecule has 0 fully saturated rings. The summed E-state index contributed by atoms with van der Waals surface area (Å²) in [6, 6.07) is 2.06. The Morgan fingerprint density at radius 1 is 1.53 bits per heavy atom. The first-order valence-electron chi connectivity index (χ1n) is 5.92. The van der Waals surface area contributed by atoms with Crippen molar-refractivity contribution in [2.75, 3.05) is 26.7 Å². The van der Waals surface area contributed by atoms with E-state index < -0.39 is 0 Å². The van der Waals surface area contributed by atoms with E-state index in [9.17, 15) is 4.79 Å². The third-order valence-corrected chi connectivity index (χ3v) is 2.43. The Hall–Kier alpha value is -1.12. The van der Waals surface area contributed by atoms with Gasteiger partial charge in [0.25, 0.3) is 0 Å². The standard InChI is InChI=1S/C12H23N3O2/c1-10(2)9-15(6-4-5-13)12(16)7-11(8-14)17-3/h10-11H,4,6-9,14H2,1-3H3. The van der Waals surface area contributed by atoms with E-state index in [1.165, 1.54) is 0 Å². The summed E-state index contributed by atoms with van der Waals surface area (Å²) < 4.78 is 5.09. The van der Waals surface area contributed by atoms with Crippen LogP contribution in [-0.2, 0) is 9.53 Å². The minimum Gasteiger partial charge on any atom is -0.380 e. The highest BCUT2D eigenvalue weighted by atomic mass is 16.5. The summed E-state index contributed by atoms with van der Waals surface area (Å²) in [6.07, 6.45) is 0.406. The molecular formula is C12H23N3O2. The van der Waals surface area contributed by atoms with Crippen molar-refractivity contribution in [2.24, 2.45) is 11.7 Å². The molecule has 5 heteroatoms. The highest BCUT2D eigenvalue weighted by molar-refractivity contribution is 5.76. The second kappa shape index (κ2) is 8.97. The molecule has 0 aliphatic rings. The molecule has 0 aromatic carbocycles. The fraction of sp³-hybridized carbons (Fsp3) is 0.833. The lowest BCUT2D eigenvalue weighted by Gasteiger charge is -2.25. The Kier molecular flexibility index (Phi) is 8.38. The average molecular weight is 241 g/mol. The van der Waals surface area contributed by atoms with Crippen molar-refractivity contribution in [3.8, 4) is 6.07 Å². The molecule has 0 heterocycles. The number of hydrogen-bond acceptors (Lipinski definition) is 4.